The Labute approximate surface area is 182 Å². The molecule has 1 heterocycles. The van der Waals surface area contributed by atoms with Crippen molar-refractivity contribution in [3.63, 3.8) is 0 Å². The summed E-state index contributed by atoms with van der Waals surface area (Å²) in [4.78, 5) is 51.1. The van der Waals surface area contributed by atoms with E-state index in [4.69, 9.17) is 4.74 Å². The van der Waals surface area contributed by atoms with Crippen LogP contribution in [0.4, 0.5) is 15.8 Å². The number of fused-ring (bicyclic) bond motifs is 5. The van der Waals surface area contributed by atoms with Gasteiger partial charge in [0.25, 0.3) is 5.91 Å². The summed E-state index contributed by atoms with van der Waals surface area (Å²) in [5, 5.41) is 2.49. The Hall–Kier alpha value is -3.81. The van der Waals surface area contributed by atoms with Crippen LogP contribution in [-0.2, 0) is 19.1 Å². The molecule has 3 aliphatic rings. The molecule has 2 aliphatic carbocycles. The normalized spacial score (nSPS) is 25.2. The number of carbonyl (C=O) groups is 4. The van der Waals surface area contributed by atoms with Crippen molar-refractivity contribution in [2.24, 2.45) is 23.7 Å². The largest absolute Gasteiger partial charge is 0.452 e. The molecule has 1 saturated carbocycles. The van der Waals surface area contributed by atoms with Crippen LogP contribution in [0.5, 0.6) is 0 Å². The molecule has 2 bridgehead atoms. The number of amides is 3. The van der Waals surface area contributed by atoms with Crippen molar-refractivity contribution in [1.29, 1.82) is 0 Å². The number of benzene rings is 2. The standard InChI is InChI=1S/C24H19FN2O5/c25-16-5-7-17(8-6-16)26-19(28)12-32-24(31)13-3-9-18(10-4-13)27-22(29)20-14-1-2-15(11-14)21(20)23(27)30/h1-10,14-15,20-21H,11-12H2,(H,26,28)/t14-,15-,20+,21+/m0/s1. The predicted molar refractivity (Wildman–Crippen MR) is 112 cm³/mol. The van der Waals surface area contributed by atoms with Crippen LogP contribution in [-0.4, -0.2) is 30.3 Å². The van der Waals surface area contributed by atoms with E-state index in [2.05, 4.69) is 5.32 Å². The number of imide groups is 1. The molecule has 5 rings (SSSR count). The summed E-state index contributed by atoms with van der Waals surface area (Å²) >= 11 is 0. The molecule has 162 valence electrons. The van der Waals surface area contributed by atoms with Gasteiger partial charge in [-0.15, -0.1) is 0 Å². The van der Waals surface area contributed by atoms with Gasteiger partial charge < -0.3 is 10.1 Å². The molecule has 0 aromatic heterocycles. The Bertz CT molecular complexity index is 1110. The van der Waals surface area contributed by atoms with Gasteiger partial charge in [-0.25, -0.2) is 9.18 Å². The molecule has 3 amide bonds. The Balaban J connectivity index is 1.20. The molecule has 7 nitrogen and oxygen atoms in total. The number of nitrogens with zero attached hydrogens (tertiary/aromatic N) is 1. The second-order valence-corrected chi connectivity index (χ2v) is 8.19. The van der Waals surface area contributed by atoms with Gasteiger partial charge in [-0.05, 0) is 66.8 Å². The number of carbonyl (C=O) groups excluding carboxylic acids is 4. The number of rotatable bonds is 5. The third kappa shape index (κ3) is 3.37. The number of nitrogens with one attached hydrogen (secondary N) is 1. The van der Waals surface area contributed by atoms with Crippen molar-refractivity contribution in [1.82, 2.24) is 0 Å². The van der Waals surface area contributed by atoms with Crippen molar-refractivity contribution in [2.75, 3.05) is 16.8 Å². The third-order valence-corrected chi connectivity index (χ3v) is 6.29. The Kier molecular flexibility index (Phi) is 4.84. The molecule has 0 unspecified atom stereocenters. The van der Waals surface area contributed by atoms with E-state index in [1.807, 2.05) is 12.2 Å². The fourth-order valence-corrected chi connectivity index (χ4v) is 4.85. The lowest BCUT2D eigenvalue weighted by Gasteiger charge is -2.17. The van der Waals surface area contributed by atoms with E-state index in [0.717, 1.165) is 6.42 Å². The number of anilines is 2. The van der Waals surface area contributed by atoms with Crippen LogP contribution in [0.1, 0.15) is 16.8 Å². The summed E-state index contributed by atoms with van der Waals surface area (Å²) in [6, 6.07) is 11.2. The van der Waals surface area contributed by atoms with Crippen LogP contribution in [0.25, 0.3) is 0 Å². The Morgan fingerprint density at radius 1 is 0.938 bits per heavy atom. The van der Waals surface area contributed by atoms with E-state index in [0.29, 0.717) is 11.4 Å². The molecule has 1 N–H and O–H groups in total. The summed E-state index contributed by atoms with van der Waals surface area (Å²) in [6.45, 7) is -0.514. The number of ether oxygens (including phenoxy) is 1. The van der Waals surface area contributed by atoms with E-state index in [9.17, 15) is 23.6 Å². The van der Waals surface area contributed by atoms with E-state index < -0.39 is 24.3 Å². The molecular formula is C24H19FN2O5. The zero-order chi connectivity index (χ0) is 22.4. The van der Waals surface area contributed by atoms with Crippen LogP contribution >= 0.6 is 0 Å². The fraction of sp³-hybridized carbons (Fsp3) is 0.250. The zero-order valence-electron chi connectivity index (χ0n) is 16.9. The maximum Gasteiger partial charge on any atom is 0.338 e. The molecule has 0 spiro atoms. The summed E-state index contributed by atoms with van der Waals surface area (Å²) in [5.74, 6) is -2.42. The van der Waals surface area contributed by atoms with Gasteiger partial charge in [0.2, 0.25) is 11.8 Å². The third-order valence-electron chi connectivity index (χ3n) is 6.29. The number of hydrogen-bond acceptors (Lipinski definition) is 5. The lowest BCUT2D eigenvalue weighted by molar-refractivity contribution is -0.123. The average molecular weight is 434 g/mol. The van der Waals surface area contributed by atoms with Gasteiger partial charge in [0.1, 0.15) is 5.82 Å². The summed E-state index contributed by atoms with van der Waals surface area (Å²) in [5.41, 5.74) is 0.980. The molecule has 1 saturated heterocycles. The average Bonchev–Trinajstić information content (AvgIpc) is 3.47. The van der Waals surface area contributed by atoms with E-state index in [1.54, 1.807) is 0 Å². The Morgan fingerprint density at radius 2 is 1.53 bits per heavy atom. The molecule has 2 aromatic rings. The van der Waals surface area contributed by atoms with Crippen molar-refractivity contribution in [3.05, 3.63) is 72.1 Å². The van der Waals surface area contributed by atoms with Gasteiger partial charge >= 0.3 is 5.97 Å². The van der Waals surface area contributed by atoms with Crippen LogP contribution in [0.3, 0.4) is 0 Å². The van der Waals surface area contributed by atoms with Crippen molar-refractivity contribution in [3.8, 4) is 0 Å². The first-order valence-corrected chi connectivity index (χ1v) is 10.3. The van der Waals surface area contributed by atoms with Gasteiger partial charge in [0.05, 0.1) is 23.1 Å². The molecule has 4 atom stereocenters. The van der Waals surface area contributed by atoms with Crippen molar-refractivity contribution >= 4 is 35.1 Å². The topological polar surface area (TPSA) is 92.8 Å². The number of esters is 1. The quantitative estimate of drug-likeness (QED) is 0.444. The molecular weight excluding hydrogens is 415 g/mol. The first-order chi connectivity index (χ1) is 15.4. The zero-order valence-corrected chi connectivity index (χ0v) is 16.9. The maximum atomic E-state index is 12.9. The Morgan fingerprint density at radius 3 is 2.12 bits per heavy atom. The SMILES string of the molecule is O=C(COC(=O)c1ccc(N2C(=O)[C@H]3[C@H](C2=O)[C@H]2C=C[C@H]3C2)cc1)Nc1ccc(F)cc1. The molecule has 2 aromatic carbocycles. The first-order valence-electron chi connectivity index (χ1n) is 10.3. The number of halogens is 1. The number of allylic oxidation sites excluding steroid dienone is 2. The highest BCUT2D eigenvalue weighted by molar-refractivity contribution is 6.22. The second kappa shape index (κ2) is 7.71. The molecule has 2 fully saturated rings. The minimum Gasteiger partial charge on any atom is -0.452 e. The molecule has 0 radical (unpaired) electrons. The summed E-state index contributed by atoms with van der Waals surface area (Å²) in [7, 11) is 0. The predicted octanol–water partition coefficient (Wildman–Crippen LogP) is 2.93. The van der Waals surface area contributed by atoms with Crippen molar-refractivity contribution in [2.45, 2.75) is 6.42 Å². The first kappa shape index (κ1) is 20.1. The fourth-order valence-electron chi connectivity index (χ4n) is 4.85. The molecule has 1 aliphatic heterocycles. The van der Waals surface area contributed by atoms with Crippen LogP contribution in [0, 0.1) is 29.5 Å². The minimum absolute atomic E-state index is 0.127. The summed E-state index contributed by atoms with van der Waals surface area (Å²) in [6.07, 6.45) is 4.93. The minimum atomic E-state index is -0.719. The molecule has 32 heavy (non-hydrogen) atoms. The monoisotopic (exact) mass is 434 g/mol. The van der Waals surface area contributed by atoms with Crippen molar-refractivity contribution < 1.29 is 28.3 Å². The van der Waals surface area contributed by atoms with Crippen LogP contribution in [0.15, 0.2) is 60.7 Å². The van der Waals surface area contributed by atoms with Gasteiger partial charge in [-0.2, -0.15) is 0 Å². The van der Waals surface area contributed by atoms with Crippen LogP contribution in [0.2, 0.25) is 0 Å². The second-order valence-electron chi connectivity index (χ2n) is 8.19. The van der Waals surface area contributed by atoms with Gasteiger partial charge in [0.15, 0.2) is 6.61 Å². The summed E-state index contributed by atoms with van der Waals surface area (Å²) < 4.78 is 17.9. The van der Waals surface area contributed by atoms with E-state index in [-0.39, 0.29) is 41.0 Å². The van der Waals surface area contributed by atoms with Crippen LogP contribution < -0.4 is 10.2 Å². The van der Waals surface area contributed by atoms with E-state index >= 15 is 0 Å². The van der Waals surface area contributed by atoms with E-state index in [1.165, 1.54) is 53.4 Å². The lowest BCUT2D eigenvalue weighted by atomic mass is 9.85. The smallest absolute Gasteiger partial charge is 0.338 e. The van der Waals surface area contributed by atoms with Gasteiger partial charge in [-0.3, -0.25) is 19.3 Å². The molecule has 8 heteroatoms. The maximum absolute atomic E-state index is 12.9. The van der Waals surface area contributed by atoms with Gasteiger partial charge in [-0.1, -0.05) is 12.2 Å². The number of hydrogen-bond donors (Lipinski definition) is 1. The lowest BCUT2D eigenvalue weighted by Crippen LogP contribution is -2.32. The highest BCUT2D eigenvalue weighted by Crippen LogP contribution is 2.53. The highest BCUT2D eigenvalue weighted by Gasteiger charge is 2.59. The highest BCUT2D eigenvalue weighted by atomic mass is 19.1. The van der Waals surface area contributed by atoms with Gasteiger partial charge in [0, 0.05) is 5.69 Å².